The number of aromatic hydroxyl groups is 1. The summed E-state index contributed by atoms with van der Waals surface area (Å²) in [5.74, 6) is 1.08. The quantitative estimate of drug-likeness (QED) is 0.835. The minimum Gasteiger partial charge on any atom is -0.508 e. The van der Waals surface area contributed by atoms with E-state index in [-0.39, 0.29) is 17.9 Å². The van der Waals surface area contributed by atoms with Crippen molar-refractivity contribution in [1.82, 2.24) is 0 Å². The molecule has 1 aromatic carbocycles. The van der Waals surface area contributed by atoms with Crippen molar-refractivity contribution in [1.29, 1.82) is 0 Å². The number of aliphatic hydroxyl groups is 1. The predicted molar refractivity (Wildman–Crippen MR) is 85.2 cm³/mol. The number of fused-ring (bicyclic) bond motifs is 5. The lowest BCUT2D eigenvalue weighted by atomic mass is 9.54. The molecule has 3 aliphatic carbocycles. The third-order valence-electron chi connectivity index (χ3n) is 6.90. The van der Waals surface area contributed by atoms with E-state index in [1.165, 1.54) is 11.1 Å². The van der Waals surface area contributed by atoms with Gasteiger partial charge >= 0.3 is 0 Å². The van der Waals surface area contributed by atoms with Crippen LogP contribution in [-0.4, -0.2) is 35.7 Å². The fraction of sp³-hybridized carbons (Fsp3) is 0.684. The molecule has 0 saturated heterocycles. The maximum absolute atomic E-state index is 14.3. The van der Waals surface area contributed by atoms with Crippen LogP contribution in [0.4, 0.5) is 4.39 Å². The number of hydrogen-bond acceptors (Lipinski definition) is 3. The highest BCUT2D eigenvalue weighted by atomic mass is 19.1. The molecule has 3 nitrogen and oxygen atoms in total. The molecule has 0 unspecified atom stereocenters. The average molecular weight is 320 g/mol. The first-order chi connectivity index (χ1) is 11.0. The highest BCUT2D eigenvalue weighted by molar-refractivity contribution is 5.41. The Balaban J connectivity index is 1.78. The average Bonchev–Trinajstić information content (AvgIpc) is 2.77. The van der Waals surface area contributed by atoms with Gasteiger partial charge in [0.1, 0.15) is 11.9 Å². The minimum absolute atomic E-state index is 0.00945. The van der Waals surface area contributed by atoms with Crippen LogP contribution in [0.25, 0.3) is 0 Å². The van der Waals surface area contributed by atoms with Crippen LogP contribution in [0.1, 0.15) is 43.2 Å². The van der Waals surface area contributed by atoms with E-state index >= 15 is 0 Å². The fourth-order valence-corrected chi connectivity index (χ4v) is 5.79. The first-order valence-corrected chi connectivity index (χ1v) is 8.62. The Hall–Kier alpha value is -1.13. The summed E-state index contributed by atoms with van der Waals surface area (Å²) < 4.78 is 20.1. The third-order valence-corrected chi connectivity index (χ3v) is 6.90. The van der Waals surface area contributed by atoms with Gasteiger partial charge in [-0.2, -0.15) is 0 Å². The van der Waals surface area contributed by atoms with Crippen LogP contribution < -0.4 is 0 Å². The zero-order valence-corrected chi connectivity index (χ0v) is 13.7. The number of aryl methyl sites for hydroxylation is 1. The van der Waals surface area contributed by atoms with E-state index in [1.54, 1.807) is 13.2 Å². The molecular formula is C19H25FO3. The molecule has 0 aliphatic heterocycles. The predicted octanol–water partition coefficient (Wildman–Crippen LogP) is 3.18. The number of rotatable bonds is 1. The molecule has 0 amide bonds. The second-order valence-corrected chi connectivity index (χ2v) is 7.90. The monoisotopic (exact) mass is 320 g/mol. The van der Waals surface area contributed by atoms with E-state index in [2.05, 4.69) is 0 Å². The lowest BCUT2D eigenvalue weighted by Crippen LogP contribution is -2.51. The minimum atomic E-state index is -1.12. The number of phenolic OH excluding ortho intramolecular Hbond substituents is 1. The molecule has 7 atom stereocenters. The van der Waals surface area contributed by atoms with Crippen molar-refractivity contribution >= 4 is 0 Å². The Labute approximate surface area is 136 Å². The Morgan fingerprint density at radius 1 is 1.35 bits per heavy atom. The summed E-state index contributed by atoms with van der Waals surface area (Å²) in [6.07, 6.45) is 1.02. The molecule has 0 aromatic heterocycles. The first kappa shape index (κ1) is 15.4. The molecule has 4 heteroatoms. The Morgan fingerprint density at radius 3 is 2.87 bits per heavy atom. The lowest BCUT2D eigenvalue weighted by Gasteiger charge is -2.53. The van der Waals surface area contributed by atoms with Gasteiger partial charge in [-0.3, -0.25) is 0 Å². The number of halogens is 1. The fourth-order valence-electron chi connectivity index (χ4n) is 5.79. The summed E-state index contributed by atoms with van der Waals surface area (Å²) in [4.78, 5) is 0. The largest absolute Gasteiger partial charge is 0.508 e. The summed E-state index contributed by atoms with van der Waals surface area (Å²) >= 11 is 0. The van der Waals surface area contributed by atoms with Gasteiger partial charge in [0, 0.05) is 18.4 Å². The van der Waals surface area contributed by atoms with E-state index in [4.69, 9.17) is 4.74 Å². The van der Waals surface area contributed by atoms with Crippen molar-refractivity contribution in [2.75, 3.05) is 7.11 Å². The molecule has 0 spiro atoms. The second kappa shape index (κ2) is 5.18. The van der Waals surface area contributed by atoms with Gasteiger partial charge in [-0.05, 0) is 60.8 Å². The van der Waals surface area contributed by atoms with E-state index in [0.29, 0.717) is 24.5 Å². The van der Waals surface area contributed by atoms with Gasteiger partial charge in [0.15, 0.2) is 0 Å². The molecule has 3 aliphatic rings. The molecule has 2 fully saturated rings. The Morgan fingerprint density at radius 2 is 2.13 bits per heavy atom. The molecule has 1 aromatic rings. The number of benzene rings is 1. The maximum atomic E-state index is 14.3. The number of ether oxygens (including phenoxy) is 1. The number of methoxy groups -OCH3 is 1. The SMILES string of the molecule is CO[C@H]1C[C@]2(C)[C@@H](O)[C@H](F)C[C@H]2[C@@H]2CCc3cc(O)ccc3[C@H]21. The molecule has 0 bridgehead atoms. The van der Waals surface area contributed by atoms with Gasteiger partial charge in [-0.1, -0.05) is 13.0 Å². The molecule has 4 rings (SSSR count). The maximum Gasteiger partial charge on any atom is 0.127 e. The zero-order chi connectivity index (χ0) is 16.4. The number of aliphatic hydroxyl groups excluding tert-OH is 1. The molecular weight excluding hydrogens is 295 g/mol. The summed E-state index contributed by atoms with van der Waals surface area (Å²) in [6.45, 7) is 2.04. The van der Waals surface area contributed by atoms with E-state index in [0.717, 1.165) is 12.8 Å². The molecule has 2 saturated carbocycles. The summed E-state index contributed by atoms with van der Waals surface area (Å²) in [6, 6.07) is 5.60. The van der Waals surface area contributed by atoms with Crippen molar-refractivity contribution in [3.63, 3.8) is 0 Å². The standard InChI is InChI=1S/C19H25FO3/c1-19-9-16(23-2)17-12-6-4-11(21)7-10(12)3-5-13(17)14(19)8-15(20)18(19)22/h4,6-7,13-18,21-22H,3,5,8-9H2,1-2H3/t13-,14-,15+,16-,17+,18-,19-/m0/s1. The lowest BCUT2D eigenvalue weighted by molar-refractivity contribution is -0.0977. The van der Waals surface area contributed by atoms with Crippen LogP contribution in [0.3, 0.4) is 0 Å². The van der Waals surface area contributed by atoms with Crippen molar-refractivity contribution in [2.45, 2.75) is 56.9 Å². The number of hydrogen-bond donors (Lipinski definition) is 2. The van der Waals surface area contributed by atoms with Gasteiger partial charge in [0.05, 0.1) is 12.2 Å². The summed E-state index contributed by atoms with van der Waals surface area (Å²) in [5.41, 5.74) is 2.03. The molecule has 0 radical (unpaired) electrons. The van der Waals surface area contributed by atoms with Crippen LogP contribution in [-0.2, 0) is 11.2 Å². The Kier molecular flexibility index (Phi) is 3.47. The molecule has 2 N–H and O–H groups in total. The second-order valence-electron chi connectivity index (χ2n) is 7.90. The topological polar surface area (TPSA) is 49.7 Å². The van der Waals surface area contributed by atoms with Gasteiger partial charge in [0.25, 0.3) is 0 Å². The molecule has 0 heterocycles. The number of phenols is 1. The van der Waals surface area contributed by atoms with Crippen LogP contribution in [0, 0.1) is 17.3 Å². The molecule has 126 valence electrons. The third kappa shape index (κ3) is 2.07. The highest BCUT2D eigenvalue weighted by Crippen LogP contribution is 2.61. The van der Waals surface area contributed by atoms with Crippen molar-refractivity contribution < 1.29 is 19.3 Å². The van der Waals surface area contributed by atoms with Crippen LogP contribution in [0.2, 0.25) is 0 Å². The van der Waals surface area contributed by atoms with Crippen molar-refractivity contribution in [3.05, 3.63) is 29.3 Å². The van der Waals surface area contributed by atoms with Gasteiger partial charge in [-0.25, -0.2) is 4.39 Å². The van der Waals surface area contributed by atoms with Crippen molar-refractivity contribution in [3.8, 4) is 5.75 Å². The molecule has 23 heavy (non-hydrogen) atoms. The van der Waals surface area contributed by atoms with Crippen LogP contribution >= 0.6 is 0 Å². The number of alkyl halides is 1. The summed E-state index contributed by atoms with van der Waals surface area (Å²) in [5, 5.41) is 20.2. The van der Waals surface area contributed by atoms with Crippen LogP contribution in [0.5, 0.6) is 5.75 Å². The van der Waals surface area contributed by atoms with Crippen molar-refractivity contribution in [2.24, 2.45) is 17.3 Å². The smallest absolute Gasteiger partial charge is 0.127 e. The highest BCUT2D eigenvalue weighted by Gasteiger charge is 2.61. The van der Waals surface area contributed by atoms with Gasteiger partial charge in [-0.15, -0.1) is 0 Å². The Bertz CT molecular complexity index is 619. The van der Waals surface area contributed by atoms with E-state index in [9.17, 15) is 14.6 Å². The van der Waals surface area contributed by atoms with Gasteiger partial charge < -0.3 is 14.9 Å². The first-order valence-electron chi connectivity index (χ1n) is 8.62. The van der Waals surface area contributed by atoms with Crippen LogP contribution in [0.15, 0.2) is 18.2 Å². The van der Waals surface area contributed by atoms with E-state index < -0.39 is 17.7 Å². The van der Waals surface area contributed by atoms with Gasteiger partial charge in [0.2, 0.25) is 0 Å². The summed E-state index contributed by atoms with van der Waals surface area (Å²) in [7, 11) is 1.72. The normalized spacial score (nSPS) is 45.2. The van der Waals surface area contributed by atoms with E-state index in [1.807, 2.05) is 19.1 Å². The zero-order valence-electron chi connectivity index (χ0n) is 13.7.